The number of rotatable bonds is 6. The van der Waals surface area contributed by atoms with E-state index < -0.39 is 17.5 Å². The predicted molar refractivity (Wildman–Crippen MR) is 83.8 cm³/mol. The number of amides is 1. The number of halogens is 4. The van der Waals surface area contributed by atoms with Crippen LogP contribution in [-0.4, -0.2) is 18.3 Å². The number of carbonyl (C=O) groups excluding carboxylic acids is 1. The van der Waals surface area contributed by atoms with Crippen molar-refractivity contribution in [3.05, 3.63) is 53.3 Å². The van der Waals surface area contributed by atoms with Gasteiger partial charge in [-0.15, -0.1) is 0 Å². The molecule has 0 aliphatic carbocycles. The third kappa shape index (κ3) is 5.37. The lowest BCUT2D eigenvalue weighted by atomic mass is 10.3. The summed E-state index contributed by atoms with van der Waals surface area (Å²) in [5, 5.41) is 2.52. The summed E-state index contributed by atoms with van der Waals surface area (Å²) in [6.45, 7) is -0.390. The summed E-state index contributed by atoms with van der Waals surface area (Å²) in [5.41, 5.74) is 0.261. The Morgan fingerprint density at radius 1 is 1.26 bits per heavy atom. The normalized spacial score (nSPS) is 10.7. The first kappa shape index (κ1) is 17.5. The number of alkyl halides is 2. The number of nitrogens with one attached hydrogen (secondary N) is 1. The fourth-order valence-corrected chi connectivity index (χ4v) is 2.51. The van der Waals surface area contributed by atoms with E-state index in [1.807, 2.05) is 0 Å². The van der Waals surface area contributed by atoms with Crippen molar-refractivity contribution in [3.63, 3.8) is 0 Å². The minimum absolute atomic E-state index is 0.0338. The highest BCUT2D eigenvalue weighted by Gasteiger charge is 2.12. The fourth-order valence-electron chi connectivity index (χ4n) is 1.69. The summed E-state index contributed by atoms with van der Waals surface area (Å²) in [6, 6.07) is 9.69. The Labute approximate surface area is 139 Å². The first-order valence-electron chi connectivity index (χ1n) is 6.37. The molecule has 1 amide bonds. The van der Waals surface area contributed by atoms with E-state index in [1.54, 1.807) is 12.1 Å². The molecule has 0 saturated heterocycles. The molecule has 0 radical (unpaired) electrons. The van der Waals surface area contributed by atoms with E-state index >= 15 is 0 Å². The van der Waals surface area contributed by atoms with Gasteiger partial charge < -0.3 is 10.1 Å². The minimum Gasteiger partial charge on any atom is -0.482 e. The molecule has 1 N–H and O–H groups in total. The van der Waals surface area contributed by atoms with E-state index in [1.165, 1.54) is 18.2 Å². The third-order valence-electron chi connectivity index (χ3n) is 2.63. The van der Waals surface area contributed by atoms with Crippen molar-refractivity contribution in [2.75, 3.05) is 11.9 Å². The monoisotopic (exact) mass is 361 g/mol. The summed E-state index contributed by atoms with van der Waals surface area (Å²) >= 11 is 6.11. The topological polar surface area (TPSA) is 38.3 Å². The summed E-state index contributed by atoms with van der Waals surface area (Å²) in [7, 11) is 0. The lowest BCUT2D eigenvalue weighted by Crippen LogP contribution is -2.20. The van der Waals surface area contributed by atoms with Crippen LogP contribution in [0.4, 0.5) is 18.9 Å². The number of carbonyl (C=O) groups is 1. The maximum Gasteiger partial charge on any atom is 0.288 e. The van der Waals surface area contributed by atoms with Gasteiger partial charge in [0.15, 0.2) is 6.61 Å². The quantitative estimate of drug-likeness (QED) is 0.750. The van der Waals surface area contributed by atoms with Crippen LogP contribution in [-0.2, 0) is 4.79 Å². The largest absolute Gasteiger partial charge is 0.482 e. The molecule has 0 unspecified atom stereocenters. The second-order valence-corrected chi connectivity index (χ2v) is 5.73. The Morgan fingerprint density at radius 3 is 2.70 bits per heavy atom. The number of hydrogen-bond donors (Lipinski definition) is 1. The van der Waals surface area contributed by atoms with Crippen LogP contribution in [0.25, 0.3) is 0 Å². The van der Waals surface area contributed by atoms with Gasteiger partial charge in [-0.3, -0.25) is 4.79 Å². The first-order chi connectivity index (χ1) is 11.0. The smallest absolute Gasteiger partial charge is 0.288 e. The maximum atomic E-state index is 12.9. The third-order valence-corrected chi connectivity index (χ3v) is 3.71. The highest BCUT2D eigenvalue weighted by Crippen LogP contribution is 2.31. The molecule has 0 aromatic heterocycles. The molecule has 23 heavy (non-hydrogen) atoms. The van der Waals surface area contributed by atoms with Crippen LogP contribution >= 0.6 is 23.4 Å². The number of thioether (sulfide) groups is 1. The van der Waals surface area contributed by atoms with Crippen molar-refractivity contribution >= 4 is 35.0 Å². The summed E-state index contributed by atoms with van der Waals surface area (Å²) in [6.07, 6.45) is 0. The molecule has 0 heterocycles. The highest BCUT2D eigenvalue weighted by atomic mass is 35.5. The van der Waals surface area contributed by atoms with Gasteiger partial charge in [0.1, 0.15) is 11.6 Å². The van der Waals surface area contributed by atoms with E-state index in [0.717, 1.165) is 12.1 Å². The van der Waals surface area contributed by atoms with Crippen LogP contribution in [0.3, 0.4) is 0 Å². The fraction of sp³-hybridized carbons (Fsp3) is 0.133. The van der Waals surface area contributed by atoms with E-state index in [9.17, 15) is 18.0 Å². The SMILES string of the molecule is O=C(COc1ccc(F)cc1Cl)Nc1ccccc1SC(F)F. The zero-order chi connectivity index (χ0) is 16.8. The molecule has 0 aliphatic rings. The van der Waals surface area contributed by atoms with Crippen LogP contribution in [0.2, 0.25) is 5.02 Å². The van der Waals surface area contributed by atoms with Crippen molar-refractivity contribution in [1.29, 1.82) is 0 Å². The van der Waals surface area contributed by atoms with Gasteiger partial charge in [-0.25, -0.2) is 4.39 Å². The van der Waals surface area contributed by atoms with Crippen LogP contribution in [0.15, 0.2) is 47.4 Å². The summed E-state index contributed by atoms with van der Waals surface area (Å²) in [4.78, 5) is 12.1. The molecule has 3 nitrogen and oxygen atoms in total. The van der Waals surface area contributed by atoms with Gasteiger partial charge in [-0.05, 0) is 30.3 Å². The van der Waals surface area contributed by atoms with Crippen molar-refractivity contribution in [2.45, 2.75) is 10.7 Å². The van der Waals surface area contributed by atoms with Gasteiger partial charge in [0, 0.05) is 4.90 Å². The second kappa shape index (κ2) is 8.12. The van der Waals surface area contributed by atoms with Crippen molar-refractivity contribution in [2.24, 2.45) is 0 Å². The van der Waals surface area contributed by atoms with Crippen molar-refractivity contribution in [3.8, 4) is 5.75 Å². The lowest BCUT2D eigenvalue weighted by Gasteiger charge is -2.11. The molecule has 122 valence electrons. The van der Waals surface area contributed by atoms with Crippen molar-refractivity contribution < 1.29 is 22.7 Å². The molecule has 2 rings (SSSR count). The number of anilines is 1. The van der Waals surface area contributed by atoms with Crippen LogP contribution in [0.1, 0.15) is 0 Å². The Morgan fingerprint density at radius 2 is 2.00 bits per heavy atom. The molecule has 8 heteroatoms. The Bertz CT molecular complexity index is 700. The molecule has 2 aromatic rings. The summed E-state index contributed by atoms with van der Waals surface area (Å²) in [5.74, 6) is -3.52. The number of para-hydroxylation sites is 1. The Kier molecular flexibility index (Phi) is 6.18. The number of ether oxygens (including phenoxy) is 1. The van der Waals surface area contributed by atoms with Crippen LogP contribution in [0.5, 0.6) is 5.75 Å². The average molecular weight is 362 g/mol. The highest BCUT2D eigenvalue weighted by molar-refractivity contribution is 7.99. The molecular weight excluding hydrogens is 351 g/mol. The van der Waals surface area contributed by atoms with E-state index in [0.29, 0.717) is 11.8 Å². The van der Waals surface area contributed by atoms with Gasteiger partial charge >= 0.3 is 0 Å². The number of benzene rings is 2. The Hall–Kier alpha value is -1.86. The van der Waals surface area contributed by atoms with E-state index in [2.05, 4.69) is 5.32 Å². The van der Waals surface area contributed by atoms with Gasteiger partial charge in [-0.1, -0.05) is 35.5 Å². The maximum absolute atomic E-state index is 12.9. The zero-order valence-corrected chi connectivity index (χ0v) is 13.1. The zero-order valence-electron chi connectivity index (χ0n) is 11.6. The van der Waals surface area contributed by atoms with Crippen LogP contribution < -0.4 is 10.1 Å². The first-order valence-corrected chi connectivity index (χ1v) is 7.63. The van der Waals surface area contributed by atoms with Gasteiger partial charge in [0.2, 0.25) is 0 Å². The molecular formula is C15H11ClF3NO2S. The standard InChI is InChI=1S/C15H11ClF3NO2S/c16-10-7-9(17)5-6-12(10)22-8-14(21)20-11-3-1-2-4-13(11)23-15(18)19/h1-7,15H,8H2,(H,20,21). The predicted octanol–water partition coefficient (Wildman–Crippen LogP) is 4.81. The molecule has 0 fully saturated rings. The average Bonchev–Trinajstić information content (AvgIpc) is 2.48. The molecule has 0 aliphatic heterocycles. The Balaban J connectivity index is 1.97. The van der Waals surface area contributed by atoms with E-state index in [-0.39, 0.29) is 28.0 Å². The molecule has 0 atom stereocenters. The van der Waals surface area contributed by atoms with Crippen molar-refractivity contribution in [1.82, 2.24) is 0 Å². The summed E-state index contributed by atoms with van der Waals surface area (Å²) < 4.78 is 43.0. The molecule has 0 spiro atoms. The second-order valence-electron chi connectivity index (χ2n) is 4.29. The number of hydrogen-bond acceptors (Lipinski definition) is 3. The lowest BCUT2D eigenvalue weighted by molar-refractivity contribution is -0.118. The molecule has 2 aromatic carbocycles. The molecule has 0 bridgehead atoms. The molecule has 0 saturated carbocycles. The van der Waals surface area contributed by atoms with Gasteiger partial charge in [-0.2, -0.15) is 8.78 Å². The van der Waals surface area contributed by atoms with Gasteiger partial charge in [0.05, 0.1) is 10.7 Å². The van der Waals surface area contributed by atoms with Crippen LogP contribution in [0, 0.1) is 5.82 Å². The van der Waals surface area contributed by atoms with Gasteiger partial charge in [0.25, 0.3) is 11.7 Å². The minimum atomic E-state index is -2.60. The van der Waals surface area contributed by atoms with E-state index in [4.69, 9.17) is 16.3 Å².